The summed E-state index contributed by atoms with van der Waals surface area (Å²) in [5.74, 6) is -0.389. The molecule has 5 heteroatoms. The van der Waals surface area contributed by atoms with Crippen molar-refractivity contribution in [1.82, 2.24) is 4.98 Å². The van der Waals surface area contributed by atoms with Crippen molar-refractivity contribution in [3.05, 3.63) is 30.2 Å². The maximum atomic E-state index is 12.8. The van der Waals surface area contributed by atoms with Crippen LogP contribution in [0.5, 0.6) is 0 Å². The number of sulfone groups is 1. The Bertz CT molecular complexity index is 586. The molecular formula is C9H8FNO2S. The number of aromatic nitrogens is 1. The van der Waals surface area contributed by atoms with Gasteiger partial charge >= 0.3 is 0 Å². The molecule has 2 rings (SSSR count). The Balaban J connectivity index is 2.83. The van der Waals surface area contributed by atoms with E-state index >= 15 is 0 Å². The molecule has 0 radical (unpaired) electrons. The molecule has 0 aliphatic rings. The summed E-state index contributed by atoms with van der Waals surface area (Å²) in [4.78, 5) is 2.92. The lowest BCUT2D eigenvalue weighted by molar-refractivity contribution is 0.602. The normalized spacial score (nSPS) is 12.1. The topological polar surface area (TPSA) is 49.9 Å². The van der Waals surface area contributed by atoms with E-state index in [4.69, 9.17) is 0 Å². The number of hydrogen-bond donors (Lipinski definition) is 1. The van der Waals surface area contributed by atoms with Crippen LogP contribution >= 0.6 is 0 Å². The molecule has 0 aliphatic carbocycles. The molecule has 14 heavy (non-hydrogen) atoms. The van der Waals surface area contributed by atoms with Crippen LogP contribution in [0.4, 0.5) is 4.39 Å². The summed E-state index contributed by atoms with van der Waals surface area (Å²) in [5, 5.41) is 0.522. The third-order valence-corrected chi connectivity index (χ3v) is 3.14. The number of benzene rings is 1. The lowest BCUT2D eigenvalue weighted by Crippen LogP contribution is -1.94. The van der Waals surface area contributed by atoms with Crippen molar-refractivity contribution in [3.8, 4) is 0 Å². The minimum Gasteiger partial charge on any atom is -0.360 e. The standard InChI is InChI=1S/C9H8FNO2S/c1-14(12,13)9-5-11-8-4-6(10)2-3-7(8)9/h2-5,11H,1H3. The first-order valence-electron chi connectivity index (χ1n) is 3.95. The lowest BCUT2D eigenvalue weighted by Gasteiger charge is -1.94. The van der Waals surface area contributed by atoms with Crippen LogP contribution in [-0.4, -0.2) is 19.7 Å². The zero-order valence-electron chi connectivity index (χ0n) is 7.41. The van der Waals surface area contributed by atoms with Crippen molar-refractivity contribution in [2.24, 2.45) is 0 Å². The molecule has 0 saturated carbocycles. The van der Waals surface area contributed by atoms with Gasteiger partial charge in [0.1, 0.15) is 5.82 Å². The molecule has 0 amide bonds. The predicted molar refractivity (Wildman–Crippen MR) is 51.4 cm³/mol. The lowest BCUT2D eigenvalue weighted by atomic mass is 10.2. The molecule has 0 fully saturated rings. The molecule has 74 valence electrons. The molecule has 1 aromatic carbocycles. The first kappa shape index (κ1) is 9.21. The van der Waals surface area contributed by atoms with E-state index in [9.17, 15) is 12.8 Å². The highest BCUT2D eigenvalue weighted by molar-refractivity contribution is 7.91. The molecule has 1 aromatic heterocycles. The van der Waals surface area contributed by atoms with Crippen LogP contribution in [0.1, 0.15) is 0 Å². The molecule has 1 N–H and O–H groups in total. The van der Waals surface area contributed by atoms with Gasteiger partial charge in [-0.3, -0.25) is 0 Å². The fourth-order valence-corrected chi connectivity index (χ4v) is 2.23. The summed E-state index contributed by atoms with van der Waals surface area (Å²) in [6, 6.07) is 3.96. The second kappa shape index (κ2) is 2.81. The van der Waals surface area contributed by atoms with E-state index in [0.717, 1.165) is 6.26 Å². The molecule has 0 unspecified atom stereocenters. The second-order valence-corrected chi connectivity index (χ2v) is 5.10. The van der Waals surface area contributed by atoms with Gasteiger partial charge in [0.2, 0.25) is 0 Å². The molecule has 3 nitrogen and oxygen atoms in total. The van der Waals surface area contributed by atoms with Crippen LogP contribution in [0, 0.1) is 5.82 Å². The second-order valence-electron chi connectivity index (χ2n) is 3.11. The number of rotatable bonds is 1. The average Bonchev–Trinajstić information content (AvgIpc) is 2.45. The van der Waals surface area contributed by atoms with Crippen molar-refractivity contribution in [3.63, 3.8) is 0 Å². The highest BCUT2D eigenvalue weighted by Crippen LogP contribution is 2.22. The van der Waals surface area contributed by atoms with Gasteiger partial charge in [-0.25, -0.2) is 12.8 Å². The summed E-state index contributed by atoms with van der Waals surface area (Å²) in [5.41, 5.74) is 0.491. The highest BCUT2D eigenvalue weighted by Gasteiger charge is 2.13. The SMILES string of the molecule is CS(=O)(=O)c1c[nH]c2cc(F)ccc12. The Kier molecular flexibility index (Phi) is 1.85. The number of fused-ring (bicyclic) bond motifs is 1. The van der Waals surface area contributed by atoms with Gasteiger partial charge in [0.15, 0.2) is 9.84 Å². The molecular weight excluding hydrogens is 205 g/mol. The van der Waals surface area contributed by atoms with E-state index in [1.807, 2.05) is 0 Å². The van der Waals surface area contributed by atoms with E-state index in [1.54, 1.807) is 0 Å². The van der Waals surface area contributed by atoms with Crippen LogP contribution < -0.4 is 0 Å². The van der Waals surface area contributed by atoms with Gasteiger partial charge < -0.3 is 4.98 Å². The van der Waals surface area contributed by atoms with E-state index in [1.165, 1.54) is 24.4 Å². The Morgan fingerprint density at radius 2 is 2.07 bits per heavy atom. The van der Waals surface area contributed by atoms with Gasteiger partial charge in [0.25, 0.3) is 0 Å². The summed E-state index contributed by atoms with van der Waals surface area (Å²) < 4.78 is 35.3. The summed E-state index contributed by atoms with van der Waals surface area (Å²) in [6.07, 6.45) is 2.50. The number of H-pyrrole nitrogens is 1. The highest BCUT2D eigenvalue weighted by atomic mass is 32.2. The zero-order chi connectivity index (χ0) is 10.3. The quantitative estimate of drug-likeness (QED) is 0.784. The van der Waals surface area contributed by atoms with Crippen LogP contribution in [0.3, 0.4) is 0 Å². The van der Waals surface area contributed by atoms with E-state index in [0.29, 0.717) is 10.9 Å². The Hall–Kier alpha value is -1.36. The third-order valence-electron chi connectivity index (χ3n) is 2.01. The Morgan fingerprint density at radius 1 is 1.36 bits per heavy atom. The Morgan fingerprint density at radius 3 is 2.71 bits per heavy atom. The molecule has 1 heterocycles. The molecule has 0 aliphatic heterocycles. The van der Waals surface area contributed by atoms with E-state index in [2.05, 4.69) is 4.98 Å². The van der Waals surface area contributed by atoms with Gasteiger partial charge in [-0.2, -0.15) is 0 Å². The fraction of sp³-hybridized carbons (Fsp3) is 0.111. The van der Waals surface area contributed by atoms with Crippen molar-refractivity contribution in [2.75, 3.05) is 6.26 Å². The monoisotopic (exact) mass is 213 g/mol. The largest absolute Gasteiger partial charge is 0.360 e. The summed E-state index contributed by atoms with van der Waals surface area (Å²) in [6.45, 7) is 0. The molecule has 2 aromatic rings. The first-order valence-corrected chi connectivity index (χ1v) is 5.84. The maximum Gasteiger partial charge on any atom is 0.177 e. The molecule has 0 spiro atoms. The third kappa shape index (κ3) is 1.39. The van der Waals surface area contributed by atoms with Gasteiger partial charge in [-0.15, -0.1) is 0 Å². The number of nitrogens with one attached hydrogen (secondary N) is 1. The number of hydrogen-bond acceptors (Lipinski definition) is 2. The van der Waals surface area contributed by atoms with Crippen LogP contribution in [-0.2, 0) is 9.84 Å². The molecule has 0 saturated heterocycles. The van der Waals surface area contributed by atoms with Crippen molar-refractivity contribution in [1.29, 1.82) is 0 Å². The van der Waals surface area contributed by atoms with Crippen LogP contribution in [0.25, 0.3) is 10.9 Å². The smallest absolute Gasteiger partial charge is 0.177 e. The minimum atomic E-state index is -3.25. The van der Waals surface area contributed by atoms with Gasteiger partial charge in [-0.1, -0.05) is 0 Å². The Labute approximate surface area is 80.5 Å². The van der Waals surface area contributed by atoms with E-state index in [-0.39, 0.29) is 10.7 Å². The van der Waals surface area contributed by atoms with Crippen LogP contribution in [0.15, 0.2) is 29.3 Å². The van der Waals surface area contributed by atoms with Crippen LogP contribution in [0.2, 0.25) is 0 Å². The van der Waals surface area contributed by atoms with Crippen molar-refractivity contribution >= 4 is 20.7 Å². The van der Waals surface area contributed by atoms with Gasteiger partial charge in [-0.05, 0) is 18.2 Å². The minimum absolute atomic E-state index is 0.201. The zero-order valence-corrected chi connectivity index (χ0v) is 8.23. The molecule has 0 atom stereocenters. The molecule has 0 bridgehead atoms. The summed E-state index contributed by atoms with van der Waals surface area (Å²) >= 11 is 0. The number of halogens is 1. The van der Waals surface area contributed by atoms with Gasteiger partial charge in [0.05, 0.1) is 4.90 Å². The fourth-order valence-electron chi connectivity index (χ4n) is 1.38. The van der Waals surface area contributed by atoms with E-state index < -0.39 is 9.84 Å². The average molecular weight is 213 g/mol. The van der Waals surface area contributed by atoms with Gasteiger partial charge in [0, 0.05) is 23.4 Å². The predicted octanol–water partition coefficient (Wildman–Crippen LogP) is 1.71. The van der Waals surface area contributed by atoms with Crippen molar-refractivity contribution in [2.45, 2.75) is 4.90 Å². The summed E-state index contributed by atoms with van der Waals surface area (Å²) in [7, 11) is -3.25. The first-order chi connectivity index (χ1) is 6.48. The van der Waals surface area contributed by atoms with Crippen molar-refractivity contribution < 1.29 is 12.8 Å². The maximum absolute atomic E-state index is 12.8. The number of aromatic amines is 1.